The van der Waals surface area contributed by atoms with Crippen LogP contribution in [0.5, 0.6) is 0 Å². The van der Waals surface area contributed by atoms with Crippen LogP contribution in [0.25, 0.3) is 22.8 Å². The second kappa shape index (κ2) is 7.35. The van der Waals surface area contributed by atoms with Crippen molar-refractivity contribution in [2.45, 2.75) is 0 Å². The average molecular weight is 436 g/mol. The second-order valence-corrected chi connectivity index (χ2v) is 8.04. The molecule has 0 aliphatic heterocycles. The lowest BCUT2D eigenvalue weighted by Gasteiger charge is -2.04. The molecule has 158 valence electrons. The van der Waals surface area contributed by atoms with Gasteiger partial charge in [0.05, 0.1) is 45.6 Å². The topological polar surface area (TPSA) is 76.3 Å². The number of hydrogen-bond donors (Lipinski definition) is 0. The molecule has 0 amide bonds. The summed E-state index contributed by atoms with van der Waals surface area (Å²) in [6, 6.07) is 23.8. The van der Waals surface area contributed by atoms with Crippen LogP contribution in [0.1, 0.15) is 22.3 Å². The maximum Gasteiger partial charge on any atom is 0.0987 e. The van der Waals surface area contributed by atoms with Crippen LogP contribution in [-0.2, 0) is 0 Å². The minimum absolute atomic E-state index is 0.848. The van der Waals surface area contributed by atoms with Gasteiger partial charge in [-0.25, -0.2) is 9.98 Å². The third-order valence-electron chi connectivity index (χ3n) is 6.03. The van der Waals surface area contributed by atoms with Crippen molar-refractivity contribution < 1.29 is 0 Å². The summed E-state index contributed by atoms with van der Waals surface area (Å²) in [7, 11) is 0. The normalized spacial score (nSPS) is 12.6. The molecule has 5 aromatic rings. The van der Waals surface area contributed by atoms with Crippen molar-refractivity contribution in [3.63, 3.8) is 0 Å². The first kappa shape index (κ1) is 18.7. The molecule has 0 atom stereocenters. The Kier molecular flexibility index (Phi) is 4.04. The third kappa shape index (κ3) is 2.82. The highest BCUT2D eigenvalue weighted by atomic mass is 14.9. The summed E-state index contributed by atoms with van der Waals surface area (Å²) in [5.41, 5.74) is 11.0. The summed E-state index contributed by atoms with van der Waals surface area (Å²) >= 11 is 0. The molecule has 0 fully saturated rings. The maximum absolute atomic E-state index is 4.95. The van der Waals surface area contributed by atoms with Gasteiger partial charge >= 0.3 is 0 Å². The first-order valence-electron chi connectivity index (χ1n) is 11.0. The minimum Gasteiger partial charge on any atom is -0.254 e. The first-order valence-corrected chi connectivity index (χ1v) is 11.0. The van der Waals surface area contributed by atoms with Crippen molar-refractivity contribution in [2.24, 2.45) is 9.98 Å². The number of nitrogens with zero attached hydrogens (tertiary/aromatic N) is 6. The van der Waals surface area contributed by atoms with Gasteiger partial charge in [-0.15, -0.1) is 0 Å². The highest BCUT2D eigenvalue weighted by Gasteiger charge is 2.28. The number of fused-ring (bicyclic) bond motifs is 6. The SMILES string of the molecule is c1cnc2c(c1)C(=Nc1ccc(N=C3c4cccnc4-c4ncccc43)cc1)c1cccnc1-2. The molecule has 34 heavy (non-hydrogen) atoms. The number of rotatable bonds is 2. The Labute approximate surface area is 195 Å². The van der Waals surface area contributed by atoms with E-state index in [0.29, 0.717) is 0 Å². The molecule has 2 aliphatic rings. The summed E-state index contributed by atoms with van der Waals surface area (Å²) in [5, 5.41) is 0. The Hall–Kier alpha value is -4.84. The molecule has 4 aromatic heterocycles. The van der Waals surface area contributed by atoms with Gasteiger partial charge in [-0.3, -0.25) is 19.9 Å². The molecule has 0 unspecified atom stereocenters. The standard InChI is InChI=1S/C28H16N6/c1-5-19-23(20-6-2-14-30-26(20)25(19)29-13-1)33-17-9-11-18(12-10-17)34-24-21-7-3-15-31-27(21)28-22(24)8-4-16-32-28/h1-16H. The number of pyridine rings is 4. The van der Waals surface area contributed by atoms with E-state index in [1.54, 1.807) is 24.8 Å². The summed E-state index contributed by atoms with van der Waals surface area (Å²) in [6.45, 7) is 0. The molecule has 6 nitrogen and oxygen atoms in total. The number of hydrogen-bond acceptors (Lipinski definition) is 6. The average Bonchev–Trinajstić information content (AvgIpc) is 3.39. The fraction of sp³-hybridized carbons (Fsp3) is 0. The summed E-state index contributed by atoms with van der Waals surface area (Å²) in [4.78, 5) is 28.0. The van der Waals surface area contributed by atoms with Crippen LogP contribution in [0.4, 0.5) is 11.4 Å². The van der Waals surface area contributed by atoms with Gasteiger partial charge in [0, 0.05) is 47.0 Å². The third-order valence-corrected chi connectivity index (χ3v) is 6.03. The first-order chi connectivity index (χ1) is 16.9. The Bertz CT molecular complexity index is 1430. The molecule has 0 saturated carbocycles. The van der Waals surface area contributed by atoms with Gasteiger partial charge in [0.2, 0.25) is 0 Å². The summed E-state index contributed by atoms with van der Waals surface area (Å²) in [5.74, 6) is 0. The van der Waals surface area contributed by atoms with Crippen molar-refractivity contribution in [1.82, 2.24) is 19.9 Å². The minimum atomic E-state index is 0.848. The Morgan fingerprint density at radius 2 is 0.676 bits per heavy atom. The van der Waals surface area contributed by atoms with E-state index in [4.69, 9.17) is 9.98 Å². The summed E-state index contributed by atoms with van der Waals surface area (Å²) < 4.78 is 0. The number of aromatic nitrogens is 4. The molecule has 0 bridgehead atoms. The van der Waals surface area contributed by atoms with E-state index in [-0.39, 0.29) is 0 Å². The lowest BCUT2D eigenvalue weighted by atomic mass is 10.1. The van der Waals surface area contributed by atoms with Crippen LogP contribution in [-0.4, -0.2) is 31.4 Å². The molecule has 0 spiro atoms. The van der Waals surface area contributed by atoms with Crippen molar-refractivity contribution in [2.75, 3.05) is 0 Å². The van der Waals surface area contributed by atoms with Crippen LogP contribution in [0.3, 0.4) is 0 Å². The monoisotopic (exact) mass is 436 g/mol. The van der Waals surface area contributed by atoms with E-state index in [1.165, 1.54) is 0 Å². The smallest absolute Gasteiger partial charge is 0.0987 e. The van der Waals surface area contributed by atoms with Gasteiger partial charge in [-0.2, -0.15) is 0 Å². The summed E-state index contributed by atoms with van der Waals surface area (Å²) in [6.07, 6.45) is 7.16. The van der Waals surface area contributed by atoms with Crippen LogP contribution < -0.4 is 0 Å². The molecule has 6 heteroatoms. The van der Waals surface area contributed by atoms with E-state index in [9.17, 15) is 0 Å². The lowest BCUT2D eigenvalue weighted by Crippen LogP contribution is -1.98. The molecular formula is C28H16N6. The van der Waals surface area contributed by atoms with Gasteiger partial charge in [0.15, 0.2) is 0 Å². The van der Waals surface area contributed by atoms with Crippen LogP contribution in [0.2, 0.25) is 0 Å². The predicted molar refractivity (Wildman–Crippen MR) is 132 cm³/mol. The molecule has 0 N–H and O–H groups in total. The zero-order chi connectivity index (χ0) is 22.5. The molecule has 2 aliphatic carbocycles. The number of aliphatic imine (C=N–C) groups is 2. The zero-order valence-corrected chi connectivity index (χ0v) is 17.9. The predicted octanol–water partition coefficient (Wildman–Crippen LogP) is 5.57. The Morgan fingerprint density at radius 1 is 0.382 bits per heavy atom. The van der Waals surface area contributed by atoms with E-state index < -0.39 is 0 Å². The van der Waals surface area contributed by atoms with Gasteiger partial charge < -0.3 is 0 Å². The fourth-order valence-electron chi connectivity index (χ4n) is 4.53. The van der Waals surface area contributed by atoms with Crippen LogP contribution in [0.15, 0.2) is 108 Å². The van der Waals surface area contributed by atoms with E-state index in [1.807, 2.05) is 72.8 Å². The molecule has 0 saturated heterocycles. The van der Waals surface area contributed by atoms with E-state index >= 15 is 0 Å². The quantitative estimate of drug-likeness (QED) is 0.355. The second-order valence-electron chi connectivity index (χ2n) is 8.04. The van der Waals surface area contributed by atoms with Crippen molar-refractivity contribution >= 4 is 22.8 Å². The molecule has 1 aromatic carbocycles. The van der Waals surface area contributed by atoms with Gasteiger partial charge in [-0.1, -0.05) is 0 Å². The van der Waals surface area contributed by atoms with E-state index in [0.717, 1.165) is 67.8 Å². The van der Waals surface area contributed by atoms with Gasteiger partial charge in [0.25, 0.3) is 0 Å². The zero-order valence-electron chi connectivity index (χ0n) is 17.9. The van der Waals surface area contributed by atoms with Crippen molar-refractivity contribution in [3.8, 4) is 22.8 Å². The fourth-order valence-corrected chi connectivity index (χ4v) is 4.53. The van der Waals surface area contributed by atoms with Crippen LogP contribution in [0, 0.1) is 0 Å². The highest BCUT2D eigenvalue weighted by Crippen LogP contribution is 2.36. The van der Waals surface area contributed by atoms with E-state index in [2.05, 4.69) is 19.9 Å². The Morgan fingerprint density at radius 3 is 0.971 bits per heavy atom. The van der Waals surface area contributed by atoms with Gasteiger partial charge in [-0.05, 0) is 72.8 Å². The highest BCUT2D eigenvalue weighted by molar-refractivity contribution is 6.24. The maximum atomic E-state index is 4.95. The number of benzene rings is 1. The Balaban J connectivity index is 1.29. The lowest BCUT2D eigenvalue weighted by molar-refractivity contribution is 1.26. The molecule has 7 rings (SSSR count). The largest absolute Gasteiger partial charge is 0.254 e. The molecular weight excluding hydrogens is 420 g/mol. The van der Waals surface area contributed by atoms with Crippen molar-refractivity contribution in [3.05, 3.63) is 120 Å². The van der Waals surface area contributed by atoms with Gasteiger partial charge in [0.1, 0.15) is 0 Å². The van der Waals surface area contributed by atoms with Crippen LogP contribution >= 0.6 is 0 Å². The molecule has 0 radical (unpaired) electrons. The van der Waals surface area contributed by atoms with Crippen molar-refractivity contribution in [1.29, 1.82) is 0 Å². The molecule has 4 heterocycles.